The fraction of sp³-hybridized carbons (Fsp3) is 0.200. The lowest BCUT2D eigenvalue weighted by atomic mass is 9.89. The average Bonchev–Trinajstić information content (AvgIpc) is 2.75. The average molecular weight is 387 g/mol. The number of rotatable bonds is 6. The van der Waals surface area contributed by atoms with Crippen LogP contribution in [0.2, 0.25) is 0 Å². The zero-order chi connectivity index (χ0) is 20.9. The predicted octanol–water partition coefficient (Wildman–Crippen LogP) is 5.95. The molecule has 0 spiro atoms. The number of carbonyl (C=O) groups excluding carboxylic acids is 2. The second kappa shape index (κ2) is 8.74. The molecule has 0 saturated heterocycles. The molecule has 3 aromatic rings. The molecule has 0 unspecified atom stereocenters. The summed E-state index contributed by atoms with van der Waals surface area (Å²) in [5.74, 6) is -0.00480. The van der Waals surface area contributed by atoms with Gasteiger partial charge in [-0.15, -0.1) is 0 Å². The molecule has 0 fully saturated rings. The van der Waals surface area contributed by atoms with Crippen molar-refractivity contribution in [3.8, 4) is 16.9 Å². The molecule has 4 heteroatoms. The molecule has 29 heavy (non-hydrogen) atoms. The van der Waals surface area contributed by atoms with Crippen LogP contribution in [-0.4, -0.2) is 11.9 Å². The van der Waals surface area contributed by atoms with E-state index in [1.54, 1.807) is 36.4 Å². The van der Waals surface area contributed by atoms with Crippen molar-refractivity contribution in [3.63, 3.8) is 0 Å². The highest BCUT2D eigenvalue weighted by Crippen LogP contribution is 2.24. The fourth-order valence-corrected chi connectivity index (χ4v) is 2.66. The predicted molar refractivity (Wildman–Crippen MR) is 116 cm³/mol. The summed E-state index contributed by atoms with van der Waals surface area (Å²) in [6.07, 6.45) is 0.742. The number of hydrogen-bond acceptors (Lipinski definition) is 3. The van der Waals surface area contributed by atoms with E-state index < -0.39 is 11.4 Å². The summed E-state index contributed by atoms with van der Waals surface area (Å²) < 4.78 is 5.46. The van der Waals surface area contributed by atoms with Gasteiger partial charge in [0.05, 0.1) is 5.56 Å². The van der Waals surface area contributed by atoms with Crippen LogP contribution in [0.4, 0.5) is 5.69 Å². The smallest absolute Gasteiger partial charge is 0.343 e. The molecule has 3 rings (SSSR count). The van der Waals surface area contributed by atoms with Crippen LogP contribution in [0.15, 0.2) is 78.9 Å². The Morgan fingerprint density at radius 2 is 1.41 bits per heavy atom. The van der Waals surface area contributed by atoms with Crippen LogP contribution in [0, 0.1) is 5.41 Å². The summed E-state index contributed by atoms with van der Waals surface area (Å²) in [6.45, 7) is 5.78. The van der Waals surface area contributed by atoms with Crippen LogP contribution < -0.4 is 10.1 Å². The van der Waals surface area contributed by atoms with E-state index in [1.807, 2.05) is 63.2 Å². The highest BCUT2D eigenvalue weighted by Gasteiger charge is 2.25. The third kappa shape index (κ3) is 5.11. The maximum Gasteiger partial charge on any atom is 0.343 e. The van der Waals surface area contributed by atoms with Crippen LogP contribution >= 0.6 is 0 Å². The van der Waals surface area contributed by atoms with E-state index in [-0.39, 0.29) is 5.91 Å². The lowest BCUT2D eigenvalue weighted by molar-refractivity contribution is -0.124. The lowest BCUT2D eigenvalue weighted by Crippen LogP contribution is -2.29. The molecular weight excluding hydrogens is 362 g/mol. The molecule has 0 aliphatic heterocycles. The van der Waals surface area contributed by atoms with Gasteiger partial charge in [-0.3, -0.25) is 4.79 Å². The molecule has 0 saturated carbocycles. The van der Waals surface area contributed by atoms with Crippen molar-refractivity contribution < 1.29 is 14.3 Å². The van der Waals surface area contributed by atoms with Gasteiger partial charge in [-0.2, -0.15) is 0 Å². The van der Waals surface area contributed by atoms with Gasteiger partial charge < -0.3 is 10.1 Å². The van der Waals surface area contributed by atoms with Gasteiger partial charge in [-0.25, -0.2) is 4.79 Å². The van der Waals surface area contributed by atoms with Crippen molar-refractivity contribution in [2.75, 3.05) is 5.32 Å². The van der Waals surface area contributed by atoms with E-state index in [9.17, 15) is 9.59 Å². The number of anilines is 1. The minimum absolute atomic E-state index is 0.0474. The Morgan fingerprint density at radius 3 is 2.00 bits per heavy atom. The van der Waals surface area contributed by atoms with Crippen molar-refractivity contribution in [2.45, 2.75) is 27.2 Å². The van der Waals surface area contributed by atoms with E-state index in [4.69, 9.17) is 4.74 Å². The van der Waals surface area contributed by atoms with Gasteiger partial charge in [0.25, 0.3) is 0 Å². The largest absolute Gasteiger partial charge is 0.423 e. The maximum atomic E-state index is 12.4. The van der Waals surface area contributed by atoms with Gasteiger partial charge in [0.2, 0.25) is 5.91 Å². The fourth-order valence-electron chi connectivity index (χ4n) is 2.66. The van der Waals surface area contributed by atoms with Crippen LogP contribution in [-0.2, 0) is 4.79 Å². The summed E-state index contributed by atoms with van der Waals surface area (Å²) in [5, 5.41) is 2.88. The summed E-state index contributed by atoms with van der Waals surface area (Å²) in [7, 11) is 0. The van der Waals surface area contributed by atoms with Crippen molar-refractivity contribution in [1.82, 2.24) is 0 Å². The maximum absolute atomic E-state index is 12.4. The number of nitrogens with one attached hydrogen (secondary N) is 1. The third-order valence-corrected chi connectivity index (χ3v) is 5.05. The van der Waals surface area contributed by atoms with Gasteiger partial charge >= 0.3 is 5.97 Å². The number of hydrogen-bond donors (Lipinski definition) is 1. The van der Waals surface area contributed by atoms with Gasteiger partial charge in [-0.1, -0.05) is 63.2 Å². The highest BCUT2D eigenvalue weighted by molar-refractivity contribution is 5.96. The highest BCUT2D eigenvalue weighted by atomic mass is 16.5. The Balaban J connectivity index is 1.63. The molecule has 4 nitrogen and oxygen atoms in total. The number of benzene rings is 3. The van der Waals surface area contributed by atoms with Gasteiger partial charge in [0, 0.05) is 11.1 Å². The third-order valence-electron chi connectivity index (χ3n) is 5.05. The first-order chi connectivity index (χ1) is 13.9. The number of amides is 1. The lowest BCUT2D eigenvalue weighted by Gasteiger charge is -2.21. The Morgan fingerprint density at radius 1 is 0.828 bits per heavy atom. The van der Waals surface area contributed by atoms with Crippen LogP contribution in [0.5, 0.6) is 5.75 Å². The molecule has 0 bridgehead atoms. The molecule has 3 aromatic carbocycles. The van der Waals surface area contributed by atoms with Gasteiger partial charge in [0.1, 0.15) is 5.75 Å². The second-order valence-corrected chi connectivity index (χ2v) is 7.55. The summed E-state index contributed by atoms with van der Waals surface area (Å²) in [5.41, 5.74) is 2.80. The van der Waals surface area contributed by atoms with Crippen LogP contribution in [0.1, 0.15) is 37.6 Å². The van der Waals surface area contributed by atoms with E-state index in [0.29, 0.717) is 17.0 Å². The van der Waals surface area contributed by atoms with Crippen LogP contribution in [0.3, 0.4) is 0 Å². The standard InChI is InChI=1S/C25H25NO3/c1-4-25(2,3)24(28)26-21-14-10-20(11-15-21)23(27)29-22-16-12-19(13-17-22)18-8-6-5-7-9-18/h5-17H,4H2,1-3H3,(H,26,28). The van der Waals surface area contributed by atoms with Crippen molar-refractivity contribution >= 4 is 17.6 Å². The molecule has 1 N–H and O–H groups in total. The van der Waals surface area contributed by atoms with E-state index in [0.717, 1.165) is 17.5 Å². The Kier molecular flexibility index (Phi) is 6.13. The van der Waals surface area contributed by atoms with Gasteiger partial charge in [0.15, 0.2) is 0 Å². The molecule has 148 valence electrons. The molecule has 0 aliphatic rings. The first kappa shape index (κ1) is 20.3. The topological polar surface area (TPSA) is 55.4 Å². The number of esters is 1. The van der Waals surface area contributed by atoms with Crippen molar-refractivity contribution in [3.05, 3.63) is 84.4 Å². The molecule has 0 aliphatic carbocycles. The number of carbonyl (C=O) groups is 2. The van der Waals surface area contributed by atoms with Gasteiger partial charge in [-0.05, 0) is 53.9 Å². The molecule has 0 aromatic heterocycles. The quantitative estimate of drug-likeness (QED) is 0.420. The summed E-state index contributed by atoms with van der Waals surface area (Å²) in [4.78, 5) is 24.7. The zero-order valence-electron chi connectivity index (χ0n) is 16.9. The molecular formula is C25H25NO3. The molecule has 1 amide bonds. The zero-order valence-corrected chi connectivity index (χ0v) is 16.9. The summed E-state index contributed by atoms with van der Waals surface area (Å²) >= 11 is 0. The Labute approximate surface area is 171 Å². The molecule has 0 atom stereocenters. The normalized spacial score (nSPS) is 11.0. The minimum Gasteiger partial charge on any atom is -0.423 e. The monoisotopic (exact) mass is 387 g/mol. The van der Waals surface area contributed by atoms with Crippen LogP contribution in [0.25, 0.3) is 11.1 Å². The number of ether oxygens (including phenoxy) is 1. The Bertz CT molecular complexity index is 975. The first-order valence-corrected chi connectivity index (χ1v) is 9.68. The van der Waals surface area contributed by atoms with Crippen molar-refractivity contribution in [2.24, 2.45) is 5.41 Å². The first-order valence-electron chi connectivity index (χ1n) is 9.68. The van der Waals surface area contributed by atoms with E-state index in [2.05, 4.69) is 5.32 Å². The van der Waals surface area contributed by atoms with E-state index in [1.165, 1.54) is 0 Å². The summed E-state index contributed by atoms with van der Waals surface area (Å²) in [6, 6.07) is 24.1. The molecule has 0 heterocycles. The second-order valence-electron chi connectivity index (χ2n) is 7.55. The van der Waals surface area contributed by atoms with Crippen molar-refractivity contribution in [1.29, 1.82) is 0 Å². The molecule has 0 radical (unpaired) electrons. The minimum atomic E-state index is -0.441. The Hall–Kier alpha value is -3.40. The van der Waals surface area contributed by atoms with E-state index >= 15 is 0 Å². The SMILES string of the molecule is CCC(C)(C)C(=O)Nc1ccc(C(=O)Oc2ccc(-c3ccccc3)cc2)cc1.